The van der Waals surface area contributed by atoms with Gasteiger partial charge in [0.2, 0.25) is 12.8 Å². The molecule has 0 radical (unpaired) electrons. The summed E-state index contributed by atoms with van der Waals surface area (Å²) in [5.74, 6) is 0. The van der Waals surface area contributed by atoms with Gasteiger partial charge in [-0.1, -0.05) is 11.4 Å². The van der Waals surface area contributed by atoms with Crippen LogP contribution in [0.2, 0.25) is 0 Å². The molecule has 11 heteroatoms. The minimum atomic E-state index is 0.431. The van der Waals surface area contributed by atoms with Gasteiger partial charge in [0.05, 0.1) is 0 Å². The number of nitrogens with one attached hydrogen (secondary N) is 2. The Kier molecular flexibility index (Phi) is 27.6. The Morgan fingerprint density at radius 3 is 1.90 bits per heavy atom. The summed E-state index contributed by atoms with van der Waals surface area (Å²) in [7, 11) is 15.7. The first kappa shape index (κ1) is 32.4. The first-order valence-corrected chi connectivity index (χ1v) is 11.5. The fourth-order valence-electron chi connectivity index (χ4n) is 1.07. The van der Waals surface area contributed by atoms with Crippen molar-refractivity contribution in [2.75, 3.05) is 33.6 Å². The number of nitrogens with zero attached hydrogens (tertiary/aromatic N) is 3. The molecular weight excluding hydrogens is 602 g/mol. The molecule has 0 fully saturated rings. The molecule has 0 aliphatic heterocycles. The van der Waals surface area contributed by atoms with Crippen LogP contribution in [0.1, 0.15) is 0 Å². The Morgan fingerprint density at radius 1 is 1.03 bits per heavy atom. The molecule has 1 aromatic rings. The van der Waals surface area contributed by atoms with E-state index in [2.05, 4.69) is 78.1 Å². The van der Waals surface area contributed by atoms with Crippen LogP contribution in [0.4, 0.5) is 5.69 Å². The molecule has 1 aliphatic rings. The monoisotopic (exact) mass is 623 g/mol. The molecule has 0 atom stereocenters. The molecule has 0 aromatic heterocycles. The molecule has 166 valence electrons. The van der Waals surface area contributed by atoms with Crippen molar-refractivity contribution in [2.45, 2.75) is 0 Å². The van der Waals surface area contributed by atoms with Gasteiger partial charge in [-0.05, 0) is 5.71 Å². The van der Waals surface area contributed by atoms with Crippen molar-refractivity contribution >= 4 is 49.0 Å². The summed E-state index contributed by atoms with van der Waals surface area (Å²) < 4.78 is 0. The van der Waals surface area contributed by atoms with Gasteiger partial charge in [-0.3, -0.25) is 9.59 Å². The molecule has 0 heterocycles. The Balaban J connectivity index is -0.000000403. The minimum absolute atomic E-state index is 0.431. The van der Waals surface area contributed by atoms with Crippen LogP contribution in [0.3, 0.4) is 0 Å². The second-order valence-electron chi connectivity index (χ2n) is 5.10. The first-order chi connectivity index (χ1) is 13.9. The summed E-state index contributed by atoms with van der Waals surface area (Å²) in [6, 6.07) is 10.5. The number of benzene rings is 1. The third kappa shape index (κ3) is 24.6. The average molecular weight is 625 g/mol. The maximum atomic E-state index is 9.43. The van der Waals surface area contributed by atoms with E-state index in [4.69, 9.17) is 5.41 Å². The molecule has 0 spiro atoms. The van der Waals surface area contributed by atoms with Gasteiger partial charge in [0.25, 0.3) is 0 Å². The van der Waals surface area contributed by atoms with Gasteiger partial charge in [0.1, 0.15) is 0 Å². The van der Waals surface area contributed by atoms with Gasteiger partial charge >= 0.3 is 55.4 Å². The molecule has 2 rings (SSSR count). The summed E-state index contributed by atoms with van der Waals surface area (Å²) >= 11 is 4.44. The number of allylic oxidation sites excluding steroid dienone is 4. The molecule has 29 heavy (non-hydrogen) atoms. The molecule has 0 saturated heterocycles. The summed E-state index contributed by atoms with van der Waals surface area (Å²) in [5, 5.41) is 11.4. The third-order valence-corrected chi connectivity index (χ3v) is 2.22. The molecule has 1 aromatic carbocycles. The standard InChI is InChI=1S/C12H9N3.2C3H7NO.2ClH.2Pd/c13-10-6-8-12(9-7-10)15-14-11-4-2-1-3-5-11;2*1-4(2)3-5;;;;/h1-4,6-8,13-14H;2*3H,1-2H3;2*1H;;/q-2;;;;;2*+2/p-2/b13-10?,15-12-;;;;;;. The van der Waals surface area contributed by atoms with Crippen molar-refractivity contribution in [1.82, 2.24) is 9.80 Å². The number of hydrogen-bond donors (Lipinski definition) is 2. The molecule has 0 bridgehead atoms. The van der Waals surface area contributed by atoms with Crippen molar-refractivity contribution in [3.05, 3.63) is 54.6 Å². The number of hydrazone groups is 1. The Morgan fingerprint density at radius 2 is 1.55 bits per heavy atom. The number of anilines is 1. The molecule has 0 saturated carbocycles. The predicted octanol–water partition coefficient (Wildman–Crippen LogP) is 2.99. The topological polar surface area (TPSA) is 88.9 Å². The molecule has 2 amide bonds. The number of carbonyl (C=O) groups excluding carboxylic acids is 2. The quantitative estimate of drug-likeness (QED) is 0.178. The van der Waals surface area contributed by atoms with E-state index < -0.39 is 0 Å². The van der Waals surface area contributed by atoms with Crippen LogP contribution in [-0.4, -0.2) is 62.2 Å². The van der Waals surface area contributed by atoms with Crippen LogP contribution in [-0.2, 0) is 46.0 Å². The normalized spacial score (nSPS) is 11.7. The Hall–Kier alpha value is -1.32. The van der Waals surface area contributed by atoms with E-state index >= 15 is 0 Å². The van der Waals surface area contributed by atoms with E-state index in [1.165, 1.54) is 9.80 Å². The van der Waals surface area contributed by atoms with E-state index in [-0.39, 0.29) is 0 Å². The van der Waals surface area contributed by atoms with E-state index in [1.807, 2.05) is 24.3 Å². The summed E-state index contributed by atoms with van der Waals surface area (Å²) in [6.07, 6.45) is 9.36. The number of para-hydroxylation sites is 1. The average Bonchev–Trinajstić information content (AvgIpc) is 2.77. The first-order valence-electron chi connectivity index (χ1n) is 7.53. The van der Waals surface area contributed by atoms with Crippen molar-refractivity contribution in [3.63, 3.8) is 0 Å². The SMILES string of the molecule is CN(C)C=O.CN(C)C=O.N=C1C=[C-]/C(=N\Nc2[c-]cccc2)C=C1.[Cl][Pd+].[Cl][Pd+]. The second kappa shape index (κ2) is 24.7. The number of carbonyl (C=O) groups is 2. The maximum absolute atomic E-state index is 9.43. The number of rotatable bonds is 4. The van der Waals surface area contributed by atoms with Crippen LogP contribution >= 0.6 is 19.1 Å². The Bertz CT molecular complexity index is 610. The van der Waals surface area contributed by atoms with E-state index in [0.717, 1.165) is 18.5 Å². The molecule has 1 aliphatic carbocycles. The van der Waals surface area contributed by atoms with Crippen LogP contribution in [0, 0.1) is 17.6 Å². The fourth-order valence-corrected chi connectivity index (χ4v) is 1.07. The van der Waals surface area contributed by atoms with Crippen molar-refractivity contribution in [3.8, 4) is 0 Å². The number of hydrogen-bond acceptors (Lipinski definition) is 5. The summed E-state index contributed by atoms with van der Waals surface area (Å²) in [5.41, 5.74) is 4.76. The molecule has 7 nitrogen and oxygen atoms in total. The van der Waals surface area contributed by atoms with Gasteiger partial charge in [-0.2, -0.15) is 36.4 Å². The van der Waals surface area contributed by atoms with Crippen LogP contribution in [0.15, 0.2) is 47.6 Å². The van der Waals surface area contributed by atoms with Gasteiger partial charge < -0.3 is 20.6 Å². The van der Waals surface area contributed by atoms with Gasteiger partial charge in [-0.15, -0.1) is 18.2 Å². The third-order valence-electron chi connectivity index (χ3n) is 2.22. The van der Waals surface area contributed by atoms with Crippen LogP contribution in [0.25, 0.3) is 0 Å². The van der Waals surface area contributed by atoms with Crippen molar-refractivity contribution < 1.29 is 46.0 Å². The zero-order valence-electron chi connectivity index (χ0n) is 16.2. The van der Waals surface area contributed by atoms with E-state index in [1.54, 1.807) is 46.4 Å². The molecule has 2 N–H and O–H groups in total. The van der Waals surface area contributed by atoms with Crippen molar-refractivity contribution in [1.29, 1.82) is 5.41 Å². The fraction of sp³-hybridized carbons (Fsp3) is 0.222. The van der Waals surface area contributed by atoms with Gasteiger partial charge in [0.15, 0.2) is 0 Å². The predicted molar refractivity (Wildman–Crippen MR) is 112 cm³/mol. The zero-order chi connectivity index (χ0) is 23.1. The van der Waals surface area contributed by atoms with Gasteiger partial charge in [-0.25, -0.2) is 5.10 Å². The van der Waals surface area contributed by atoms with E-state index in [0.29, 0.717) is 11.4 Å². The molecular formula is C18H23Cl2N5O2Pd2. The Labute approximate surface area is 202 Å². The zero-order valence-corrected chi connectivity index (χ0v) is 20.9. The molecule has 0 unspecified atom stereocenters. The van der Waals surface area contributed by atoms with Crippen LogP contribution < -0.4 is 5.43 Å². The van der Waals surface area contributed by atoms with E-state index in [9.17, 15) is 9.59 Å². The van der Waals surface area contributed by atoms with Gasteiger partial charge in [0, 0.05) is 28.2 Å². The number of amides is 2. The van der Waals surface area contributed by atoms with Crippen LogP contribution in [0.5, 0.6) is 0 Å². The second-order valence-corrected chi connectivity index (χ2v) is 5.10. The number of halogens is 2. The summed E-state index contributed by atoms with van der Waals surface area (Å²) in [4.78, 5) is 21.8. The van der Waals surface area contributed by atoms with Crippen molar-refractivity contribution in [2.24, 2.45) is 5.10 Å². The summed E-state index contributed by atoms with van der Waals surface area (Å²) in [6.45, 7) is 0.